The Bertz CT molecular complexity index is 550. The highest BCUT2D eigenvalue weighted by Gasteiger charge is 2.36. The molecule has 1 saturated carbocycles. The van der Waals surface area contributed by atoms with Crippen molar-refractivity contribution in [3.05, 3.63) is 17.5 Å². The van der Waals surface area contributed by atoms with Gasteiger partial charge in [0.2, 0.25) is 0 Å². The fraction of sp³-hybridized carbons (Fsp3) is 0.733. The third-order valence-electron chi connectivity index (χ3n) is 4.12. The van der Waals surface area contributed by atoms with Crippen LogP contribution in [0.2, 0.25) is 0 Å². The maximum Gasteiger partial charge on any atom is 0.435 e. The molecule has 1 fully saturated rings. The van der Waals surface area contributed by atoms with Crippen molar-refractivity contribution in [2.45, 2.75) is 51.4 Å². The molecular weight excluding hydrogens is 307 g/mol. The van der Waals surface area contributed by atoms with E-state index < -0.39 is 11.9 Å². The molecule has 23 heavy (non-hydrogen) atoms. The van der Waals surface area contributed by atoms with Gasteiger partial charge in [-0.2, -0.15) is 18.3 Å². The van der Waals surface area contributed by atoms with Gasteiger partial charge in [0.1, 0.15) is 0 Å². The lowest BCUT2D eigenvalue weighted by Gasteiger charge is -2.28. The number of halogens is 3. The van der Waals surface area contributed by atoms with Crippen LogP contribution < -0.4 is 10.6 Å². The van der Waals surface area contributed by atoms with E-state index in [0.29, 0.717) is 17.9 Å². The summed E-state index contributed by atoms with van der Waals surface area (Å²) in [4.78, 5) is 4.11. The molecule has 1 heterocycles. The molecule has 2 rings (SSSR count). The molecule has 0 saturated heterocycles. The van der Waals surface area contributed by atoms with Gasteiger partial charge in [-0.05, 0) is 18.8 Å². The van der Waals surface area contributed by atoms with E-state index in [1.54, 1.807) is 7.05 Å². The zero-order valence-corrected chi connectivity index (χ0v) is 13.7. The van der Waals surface area contributed by atoms with Crippen molar-refractivity contribution in [3.63, 3.8) is 0 Å². The summed E-state index contributed by atoms with van der Waals surface area (Å²) in [5.74, 6) is 1.19. The van der Waals surface area contributed by atoms with E-state index >= 15 is 0 Å². The number of aryl methyl sites for hydroxylation is 1. The molecule has 0 bridgehead atoms. The van der Waals surface area contributed by atoms with Crippen LogP contribution in [0.5, 0.6) is 0 Å². The van der Waals surface area contributed by atoms with Crippen LogP contribution in [0.4, 0.5) is 13.2 Å². The molecular formula is C15H24F3N5. The molecule has 0 spiro atoms. The number of hydrogen-bond donors (Lipinski definition) is 2. The van der Waals surface area contributed by atoms with Gasteiger partial charge >= 0.3 is 6.18 Å². The SMILES string of the molecule is CN=C(NCc1cn(C)nc1C(F)(F)F)NC1CCCC(C)C1. The van der Waals surface area contributed by atoms with E-state index in [-0.39, 0.29) is 12.1 Å². The monoisotopic (exact) mass is 331 g/mol. The van der Waals surface area contributed by atoms with Gasteiger partial charge in [0, 0.05) is 38.4 Å². The maximum atomic E-state index is 12.9. The van der Waals surface area contributed by atoms with E-state index in [1.807, 2.05) is 0 Å². The number of alkyl halides is 3. The first kappa shape index (κ1) is 17.6. The summed E-state index contributed by atoms with van der Waals surface area (Å²) in [6.07, 6.45) is 1.44. The topological polar surface area (TPSA) is 54.2 Å². The molecule has 1 aliphatic carbocycles. The van der Waals surface area contributed by atoms with Crippen LogP contribution in [0, 0.1) is 5.92 Å². The van der Waals surface area contributed by atoms with Gasteiger partial charge in [-0.25, -0.2) is 0 Å². The summed E-state index contributed by atoms with van der Waals surface area (Å²) in [5, 5.41) is 9.76. The van der Waals surface area contributed by atoms with E-state index in [1.165, 1.54) is 24.3 Å². The molecule has 0 aliphatic heterocycles. The van der Waals surface area contributed by atoms with E-state index in [2.05, 4.69) is 27.6 Å². The van der Waals surface area contributed by atoms with Crippen molar-refractivity contribution in [2.24, 2.45) is 18.0 Å². The Balaban J connectivity index is 1.96. The van der Waals surface area contributed by atoms with Gasteiger partial charge in [-0.15, -0.1) is 0 Å². The van der Waals surface area contributed by atoms with Crippen LogP contribution in [0.1, 0.15) is 43.9 Å². The fourth-order valence-corrected chi connectivity index (χ4v) is 3.04. The van der Waals surface area contributed by atoms with Crippen LogP contribution in [-0.2, 0) is 19.8 Å². The summed E-state index contributed by atoms with van der Waals surface area (Å²) in [6.45, 7) is 2.25. The molecule has 8 heteroatoms. The van der Waals surface area contributed by atoms with Crippen molar-refractivity contribution in [3.8, 4) is 0 Å². The Kier molecular flexibility index (Phi) is 5.54. The Hall–Kier alpha value is -1.73. The molecule has 5 nitrogen and oxygen atoms in total. The van der Waals surface area contributed by atoms with Gasteiger partial charge in [0.05, 0.1) is 0 Å². The zero-order valence-electron chi connectivity index (χ0n) is 13.7. The van der Waals surface area contributed by atoms with Crippen LogP contribution >= 0.6 is 0 Å². The van der Waals surface area contributed by atoms with Crippen molar-refractivity contribution in [1.29, 1.82) is 0 Å². The van der Waals surface area contributed by atoms with E-state index in [4.69, 9.17) is 0 Å². The highest BCUT2D eigenvalue weighted by Crippen LogP contribution is 2.30. The Morgan fingerprint density at radius 3 is 2.78 bits per heavy atom. The van der Waals surface area contributed by atoms with Gasteiger partial charge < -0.3 is 10.6 Å². The first-order valence-corrected chi connectivity index (χ1v) is 7.86. The van der Waals surface area contributed by atoms with Crippen molar-refractivity contribution in [1.82, 2.24) is 20.4 Å². The third-order valence-corrected chi connectivity index (χ3v) is 4.12. The highest BCUT2D eigenvalue weighted by molar-refractivity contribution is 5.79. The lowest BCUT2D eigenvalue weighted by atomic mass is 9.87. The van der Waals surface area contributed by atoms with Gasteiger partial charge in [-0.3, -0.25) is 9.67 Å². The molecule has 1 aromatic heterocycles. The predicted octanol–water partition coefficient (Wildman–Crippen LogP) is 2.68. The number of nitrogens with one attached hydrogen (secondary N) is 2. The van der Waals surface area contributed by atoms with Crippen molar-refractivity contribution in [2.75, 3.05) is 7.05 Å². The van der Waals surface area contributed by atoms with E-state index in [9.17, 15) is 13.2 Å². The summed E-state index contributed by atoms with van der Waals surface area (Å²) in [7, 11) is 3.10. The summed E-state index contributed by atoms with van der Waals surface area (Å²) >= 11 is 0. The predicted molar refractivity (Wildman–Crippen MR) is 83.0 cm³/mol. The molecule has 2 unspecified atom stereocenters. The second-order valence-electron chi connectivity index (χ2n) is 6.21. The van der Waals surface area contributed by atoms with Crippen molar-refractivity contribution < 1.29 is 13.2 Å². The second-order valence-corrected chi connectivity index (χ2v) is 6.21. The Morgan fingerprint density at radius 1 is 1.43 bits per heavy atom. The average molecular weight is 331 g/mol. The largest absolute Gasteiger partial charge is 0.435 e. The molecule has 0 amide bonds. The van der Waals surface area contributed by atoms with Crippen LogP contribution in [0.15, 0.2) is 11.2 Å². The molecule has 0 radical (unpaired) electrons. The fourth-order valence-electron chi connectivity index (χ4n) is 3.04. The quantitative estimate of drug-likeness (QED) is 0.661. The minimum absolute atomic E-state index is 0.0324. The highest BCUT2D eigenvalue weighted by atomic mass is 19.4. The van der Waals surface area contributed by atoms with Crippen LogP contribution in [-0.4, -0.2) is 28.8 Å². The lowest BCUT2D eigenvalue weighted by molar-refractivity contribution is -0.142. The Labute approximate surface area is 134 Å². The molecule has 1 aliphatic rings. The first-order chi connectivity index (χ1) is 10.8. The number of guanidine groups is 1. The summed E-state index contributed by atoms with van der Waals surface area (Å²) in [6, 6.07) is 0.320. The standard InChI is InChI=1S/C15H24F3N5/c1-10-5-4-6-12(7-10)21-14(19-2)20-8-11-9-23(3)22-13(11)15(16,17)18/h9-10,12H,4-8H2,1-3H3,(H2,19,20,21). The number of aromatic nitrogens is 2. The molecule has 2 atom stereocenters. The summed E-state index contributed by atoms with van der Waals surface area (Å²) in [5.41, 5.74) is -0.741. The Morgan fingerprint density at radius 2 is 2.17 bits per heavy atom. The molecule has 1 aromatic rings. The number of rotatable bonds is 3. The second kappa shape index (κ2) is 7.23. The number of hydrogen-bond acceptors (Lipinski definition) is 2. The first-order valence-electron chi connectivity index (χ1n) is 7.86. The maximum absolute atomic E-state index is 12.9. The normalized spacial score (nSPS) is 23.0. The summed E-state index contributed by atoms with van der Waals surface area (Å²) < 4.78 is 40.0. The average Bonchev–Trinajstić information content (AvgIpc) is 2.84. The smallest absolute Gasteiger partial charge is 0.354 e. The minimum Gasteiger partial charge on any atom is -0.354 e. The van der Waals surface area contributed by atoms with E-state index in [0.717, 1.165) is 19.3 Å². The zero-order chi connectivity index (χ0) is 17.0. The lowest BCUT2D eigenvalue weighted by Crippen LogP contribution is -2.44. The van der Waals surface area contributed by atoms with Crippen LogP contribution in [0.3, 0.4) is 0 Å². The van der Waals surface area contributed by atoms with Crippen molar-refractivity contribution >= 4 is 5.96 Å². The third kappa shape index (κ3) is 4.87. The molecule has 2 N–H and O–H groups in total. The molecule has 130 valence electrons. The van der Waals surface area contributed by atoms with Gasteiger partial charge in [0.15, 0.2) is 11.7 Å². The number of aliphatic imine (C=N–C) groups is 1. The minimum atomic E-state index is -4.45. The molecule has 0 aromatic carbocycles. The van der Waals surface area contributed by atoms with Crippen LogP contribution in [0.25, 0.3) is 0 Å². The van der Waals surface area contributed by atoms with Gasteiger partial charge in [-0.1, -0.05) is 19.8 Å². The number of nitrogens with zero attached hydrogens (tertiary/aromatic N) is 3. The van der Waals surface area contributed by atoms with Gasteiger partial charge in [0.25, 0.3) is 0 Å².